The van der Waals surface area contributed by atoms with Crippen molar-refractivity contribution in [2.45, 2.75) is 38.3 Å². The number of alkyl halides is 3. The van der Waals surface area contributed by atoms with Crippen LogP contribution in [0.3, 0.4) is 0 Å². The maximum atomic E-state index is 13.4. The average Bonchev–Trinajstić information content (AvgIpc) is 3.54. The summed E-state index contributed by atoms with van der Waals surface area (Å²) in [5.41, 5.74) is 4.07. The van der Waals surface area contributed by atoms with Crippen LogP contribution in [0.4, 0.5) is 13.2 Å². The standard InChI is InChI=1S/C24H27F3N6O/c1-2-17-13-31(23(34)32(15-24(25,26)27)12-16-6-4-3-5-7-16)14-18(17)20-10-29-21-11-30-22-19(33(20)21)8-9-28-22/h3-11,17-18,23,28,34H,2,12-15H2,1H3/t17-,18+,23?/m1/s1. The van der Waals surface area contributed by atoms with Gasteiger partial charge in [0.05, 0.1) is 18.3 Å². The molecule has 34 heavy (non-hydrogen) atoms. The van der Waals surface area contributed by atoms with Crippen LogP contribution in [-0.4, -0.2) is 66.4 Å². The zero-order chi connectivity index (χ0) is 23.9. The van der Waals surface area contributed by atoms with Crippen molar-refractivity contribution in [1.82, 2.24) is 29.2 Å². The first-order chi connectivity index (χ1) is 16.3. The molecule has 1 aliphatic heterocycles. The van der Waals surface area contributed by atoms with Gasteiger partial charge in [0.1, 0.15) is 0 Å². The molecular weight excluding hydrogens is 445 g/mol. The molecule has 0 aliphatic carbocycles. The van der Waals surface area contributed by atoms with Gasteiger partial charge in [-0.3, -0.25) is 14.2 Å². The summed E-state index contributed by atoms with van der Waals surface area (Å²) < 4.78 is 42.3. The Morgan fingerprint density at radius 2 is 1.94 bits per heavy atom. The normalized spacial score (nSPS) is 20.6. The number of nitrogens with one attached hydrogen (secondary N) is 1. The Bertz CT molecular complexity index is 1250. The van der Waals surface area contributed by atoms with E-state index in [0.717, 1.165) is 39.4 Å². The first-order valence-corrected chi connectivity index (χ1v) is 11.4. The second-order valence-electron chi connectivity index (χ2n) is 8.93. The topological polar surface area (TPSA) is 72.7 Å². The van der Waals surface area contributed by atoms with Crippen LogP contribution in [0.2, 0.25) is 0 Å². The lowest BCUT2D eigenvalue weighted by atomic mass is 9.91. The molecule has 10 heteroatoms. The number of aliphatic hydroxyl groups excluding tert-OH is 1. The molecule has 3 atom stereocenters. The van der Waals surface area contributed by atoms with E-state index in [1.54, 1.807) is 35.4 Å². The van der Waals surface area contributed by atoms with Gasteiger partial charge in [-0.2, -0.15) is 13.2 Å². The number of hydrogen-bond acceptors (Lipinski definition) is 5. The molecule has 1 aliphatic rings. The van der Waals surface area contributed by atoms with Gasteiger partial charge in [0.25, 0.3) is 0 Å². The van der Waals surface area contributed by atoms with Crippen molar-refractivity contribution in [1.29, 1.82) is 0 Å². The molecule has 3 aromatic heterocycles. The molecule has 0 spiro atoms. The van der Waals surface area contributed by atoms with Gasteiger partial charge >= 0.3 is 6.18 Å². The van der Waals surface area contributed by atoms with Crippen molar-refractivity contribution < 1.29 is 18.3 Å². The SMILES string of the molecule is CC[C@@H]1CN(C(O)N(Cc2ccccc2)CC(F)(F)F)C[C@@H]1c1cnc2cnc3[nH]ccc3n12. The van der Waals surface area contributed by atoms with Crippen molar-refractivity contribution >= 4 is 16.8 Å². The van der Waals surface area contributed by atoms with Crippen LogP contribution >= 0.6 is 0 Å². The van der Waals surface area contributed by atoms with Crippen LogP contribution in [0.5, 0.6) is 0 Å². The lowest BCUT2D eigenvalue weighted by molar-refractivity contribution is -0.192. The number of aromatic amines is 1. The van der Waals surface area contributed by atoms with Crippen LogP contribution in [0.25, 0.3) is 16.8 Å². The van der Waals surface area contributed by atoms with Crippen LogP contribution in [-0.2, 0) is 6.54 Å². The Morgan fingerprint density at radius 3 is 2.68 bits per heavy atom. The molecule has 0 radical (unpaired) electrons. The van der Waals surface area contributed by atoms with Gasteiger partial charge < -0.3 is 10.1 Å². The number of H-pyrrole nitrogens is 1. The summed E-state index contributed by atoms with van der Waals surface area (Å²) in [6.07, 6.45) is 0.407. The van der Waals surface area contributed by atoms with Gasteiger partial charge in [0.2, 0.25) is 0 Å². The second-order valence-corrected chi connectivity index (χ2v) is 8.93. The van der Waals surface area contributed by atoms with E-state index in [9.17, 15) is 18.3 Å². The molecule has 4 aromatic rings. The summed E-state index contributed by atoms with van der Waals surface area (Å²) in [5, 5.41) is 11.1. The minimum absolute atomic E-state index is 0.00469. The largest absolute Gasteiger partial charge is 0.401 e. The predicted octanol–water partition coefficient (Wildman–Crippen LogP) is 3.98. The van der Waals surface area contributed by atoms with Crippen LogP contribution < -0.4 is 0 Å². The number of fused-ring (bicyclic) bond motifs is 3. The molecule has 5 rings (SSSR count). The molecule has 1 aromatic carbocycles. The zero-order valence-electron chi connectivity index (χ0n) is 18.8. The van der Waals surface area contributed by atoms with Crippen molar-refractivity contribution in [2.75, 3.05) is 19.6 Å². The predicted molar refractivity (Wildman–Crippen MR) is 122 cm³/mol. The third-order valence-corrected chi connectivity index (χ3v) is 6.71. The van der Waals surface area contributed by atoms with Crippen molar-refractivity contribution in [3.8, 4) is 0 Å². The monoisotopic (exact) mass is 472 g/mol. The number of aliphatic hydroxyl groups is 1. The highest BCUT2D eigenvalue weighted by atomic mass is 19.4. The van der Waals surface area contributed by atoms with Gasteiger partial charge in [-0.05, 0) is 17.5 Å². The minimum atomic E-state index is -4.42. The molecule has 7 nitrogen and oxygen atoms in total. The van der Waals surface area contributed by atoms with E-state index in [1.807, 2.05) is 24.5 Å². The molecule has 1 saturated heterocycles. The smallest absolute Gasteiger partial charge is 0.365 e. The number of nitrogens with zero attached hydrogens (tertiary/aromatic N) is 5. The number of benzene rings is 1. The number of aromatic nitrogens is 4. The Hall–Kier alpha value is -2.95. The number of rotatable bonds is 7. The van der Waals surface area contributed by atoms with E-state index < -0.39 is 19.1 Å². The number of hydrogen-bond donors (Lipinski definition) is 2. The summed E-state index contributed by atoms with van der Waals surface area (Å²) in [6.45, 7) is 1.82. The van der Waals surface area contributed by atoms with E-state index in [0.29, 0.717) is 13.1 Å². The van der Waals surface area contributed by atoms with Gasteiger partial charge in [0, 0.05) is 43.6 Å². The van der Waals surface area contributed by atoms with E-state index in [4.69, 9.17) is 0 Å². The highest BCUT2D eigenvalue weighted by Gasteiger charge is 2.41. The van der Waals surface area contributed by atoms with Crippen LogP contribution in [0.15, 0.2) is 55.0 Å². The van der Waals surface area contributed by atoms with E-state index >= 15 is 0 Å². The summed E-state index contributed by atoms with van der Waals surface area (Å²) in [5.74, 6) is 0.181. The van der Waals surface area contributed by atoms with E-state index in [1.165, 1.54) is 0 Å². The Labute approximate surface area is 194 Å². The highest BCUT2D eigenvalue weighted by molar-refractivity contribution is 5.74. The molecule has 0 bridgehead atoms. The van der Waals surface area contributed by atoms with Gasteiger partial charge in [-0.15, -0.1) is 0 Å². The number of imidazole rings is 1. The van der Waals surface area contributed by atoms with Gasteiger partial charge in [-0.1, -0.05) is 43.7 Å². The summed E-state index contributed by atoms with van der Waals surface area (Å²) in [4.78, 5) is 14.9. The molecule has 0 amide bonds. The lowest BCUT2D eigenvalue weighted by Crippen LogP contribution is -2.50. The molecule has 1 fully saturated rings. The quantitative estimate of drug-likeness (QED) is 0.398. The fourth-order valence-electron chi connectivity index (χ4n) is 5.09. The lowest BCUT2D eigenvalue weighted by Gasteiger charge is -2.34. The molecule has 180 valence electrons. The third-order valence-electron chi connectivity index (χ3n) is 6.71. The van der Waals surface area contributed by atoms with Crippen LogP contribution in [0.1, 0.15) is 30.5 Å². The second kappa shape index (κ2) is 9.01. The Kier molecular flexibility index (Phi) is 6.05. The average molecular weight is 473 g/mol. The zero-order valence-corrected chi connectivity index (χ0v) is 18.8. The highest BCUT2D eigenvalue weighted by Crippen LogP contribution is 2.37. The maximum absolute atomic E-state index is 13.4. The molecular formula is C24H27F3N6O. The first kappa shape index (κ1) is 22.8. The fourth-order valence-corrected chi connectivity index (χ4v) is 5.09. The first-order valence-electron chi connectivity index (χ1n) is 11.4. The summed E-state index contributed by atoms with van der Waals surface area (Å²) in [6, 6.07) is 10.9. The molecule has 2 N–H and O–H groups in total. The molecule has 0 saturated carbocycles. The van der Waals surface area contributed by atoms with E-state index in [-0.39, 0.29) is 18.4 Å². The van der Waals surface area contributed by atoms with Gasteiger partial charge in [0.15, 0.2) is 17.6 Å². The number of likely N-dealkylation sites (tertiary alicyclic amines) is 1. The summed E-state index contributed by atoms with van der Waals surface area (Å²) >= 11 is 0. The molecule has 4 heterocycles. The fraction of sp³-hybridized carbons (Fsp3) is 0.417. The third kappa shape index (κ3) is 4.40. The van der Waals surface area contributed by atoms with Crippen molar-refractivity contribution in [2.24, 2.45) is 5.92 Å². The van der Waals surface area contributed by atoms with Crippen molar-refractivity contribution in [3.05, 3.63) is 66.2 Å². The maximum Gasteiger partial charge on any atom is 0.401 e. The van der Waals surface area contributed by atoms with Crippen molar-refractivity contribution in [3.63, 3.8) is 0 Å². The van der Waals surface area contributed by atoms with Gasteiger partial charge in [-0.25, -0.2) is 9.97 Å². The molecule has 1 unspecified atom stereocenters. The minimum Gasteiger partial charge on any atom is -0.365 e. The Balaban J connectivity index is 1.43. The Morgan fingerprint density at radius 1 is 1.15 bits per heavy atom. The number of halogens is 3. The summed E-state index contributed by atoms with van der Waals surface area (Å²) in [7, 11) is 0. The van der Waals surface area contributed by atoms with Crippen LogP contribution in [0, 0.1) is 5.92 Å². The van der Waals surface area contributed by atoms with E-state index in [2.05, 4.69) is 26.3 Å².